The molecule has 3 aromatic rings. The summed E-state index contributed by atoms with van der Waals surface area (Å²) in [6.07, 6.45) is 1.67. The quantitative estimate of drug-likeness (QED) is 0.735. The standard InChI is InChI=1S/C15H13N3O/c1-10-5-7-11(8-6-10)17-15(19)12-3-2-4-14-13(12)9-16-18-14/h2-9H,1H3,(H,16,18)(H,17,19). The van der Waals surface area contributed by atoms with Crippen LogP contribution in [0.5, 0.6) is 0 Å². The zero-order chi connectivity index (χ0) is 13.2. The molecule has 0 atom stereocenters. The van der Waals surface area contributed by atoms with E-state index in [1.165, 1.54) is 0 Å². The lowest BCUT2D eigenvalue weighted by Gasteiger charge is -2.06. The lowest BCUT2D eigenvalue weighted by Crippen LogP contribution is -2.12. The SMILES string of the molecule is Cc1ccc(NC(=O)c2cccc3[nH]ncc23)cc1. The zero-order valence-corrected chi connectivity index (χ0v) is 10.5. The number of nitrogens with one attached hydrogen (secondary N) is 2. The van der Waals surface area contributed by atoms with Crippen molar-refractivity contribution in [1.29, 1.82) is 0 Å². The van der Waals surface area contributed by atoms with Crippen LogP contribution >= 0.6 is 0 Å². The van der Waals surface area contributed by atoms with E-state index in [1.54, 1.807) is 12.3 Å². The highest BCUT2D eigenvalue weighted by Gasteiger charge is 2.10. The van der Waals surface area contributed by atoms with Crippen molar-refractivity contribution < 1.29 is 4.79 Å². The van der Waals surface area contributed by atoms with Crippen LogP contribution < -0.4 is 5.32 Å². The van der Waals surface area contributed by atoms with E-state index < -0.39 is 0 Å². The number of aromatic nitrogens is 2. The Morgan fingerprint density at radius 1 is 1.16 bits per heavy atom. The number of hydrogen-bond donors (Lipinski definition) is 2. The highest BCUT2D eigenvalue weighted by Crippen LogP contribution is 2.18. The van der Waals surface area contributed by atoms with Gasteiger partial charge in [0.2, 0.25) is 0 Å². The number of anilines is 1. The van der Waals surface area contributed by atoms with Gasteiger partial charge in [0.25, 0.3) is 5.91 Å². The van der Waals surface area contributed by atoms with Crippen molar-refractivity contribution in [3.05, 3.63) is 59.8 Å². The Hall–Kier alpha value is -2.62. The van der Waals surface area contributed by atoms with Gasteiger partial charge in [-0.2, -0.15) is 5.10 Å². The minimum absolute atomic E-state index is 0.129. The minimum atomic E-state index is -0.129. The molecular weight excluding hydrogens is 238 g/mol. The smallest absolute Gasteiger partial charge is 0.256 e. The minimum Gasteiger partial charge on any atom is -0.322 e. The number of nitrogens with zero attached hydrogens (tertiary/aromatic N) is 1. The molecule has 1 aromatic heterocycles. The second kappa shape index (κ2) is 4.57. The van der Waals surface area contributed by atoms with Crippen LogP contribution in [0.2, 0.25) is 0 Å². The Balaban J connectivity index is 1.92. The molecule has 0 aliphatic carbocycles. The molecule has 0 radical (unpaired) electrons. The molecule has 0 saturated heterocycles. The molecule has 1 heterocycles. The first-order chi connectivity index (χ1) is 9.24. The van der Waals surface area contributed by atoms with E-state index in [0.29, 0.717) is 5.56 Å². The largest absolute Gasteiger partial charge is 0.322 e. The molecule has 94 valence electrons. The Morgan fingerprint density at radius 3 is 2.74 bits per heavy atom. The number of amides is 1. The van der Waals surface area contributed by atoms with Crippen LogP contribution in [0, 0.1) is 6.92 Å². The van der Waals surface area contributed by atoms with Gasteiger partial charge in [-0.05, 0) is 31.2 Å². The van der Waals surface area contributed by atoms with Crippen LogP contribution in [-0.2, 0) is 0 Å². The summed E-state index contributed by atoms with van der Waals surface area (Å²) in [5, 5.41) is 10.5. The Bertz CT molecular complexity index is 728. The van der Waals surface area contributed by atoms with Crippen molar-refractivity contribution in [3.8, 4) is 0 Å². The third-order valence-corrected chi connectivity index (χ3v) is 3.04. The maximum atomic E-state index is 12.3. The number of benzene rings is 2. The molecule has 0 saturated carbocycles. The van der Waals surface area contributed by atoms with Crippen molar-refractivity contribution in [2.45, 2.75) is 6.92 Å². The molecule has 3 rings (SSSR count). The van der Waals surface area contributed by atoms with E-state index in [0.717, 1.165) is 22.2 Å². The predicted octanol–water partition coefficient (Wildman–Crippen LogP) is 3.12. The van der Waals surface area contributed by atoms with Gasteiger partial charge in [0.15, 0.2) is 0 Å². The molecule has 0 spiro atoms. The Labute approximate surface area is 110 Å². The van der Waals surface area contributed by atoms with Crippen LogP contribution in [0.1, 0.15) is 15.9 Å². The first-order valence-electron chi connectivity index (χ1n) is 6.04. The van der Waals surface area contributed by atoms with Gasteiger partial charge in [0.05, 0.1) is 17.3 Å². The molecule has 0 bridgehead atoms. The first-order valence-corrected chi connectivity index (χ1v) is 6.04. The normalized spacial score (nSPS) is 10.6. The number of rotatable bonds is 2. The summed E-state index contributed by atoms with van der Waals surface area (Å²) in [5.74, 6) is -0.129. The number of aryl methyl sites for hydroxylation is 1. The van der Waals surface area contributed by atoms with Crippen molar-refractivity contribution in [2.24, 2.45) is 0 Å². The summed E-state index contributed by atoms with van der Waals surface area (Å²) in [7, 11) is 0. The van der Waals surface area contributed by atoms with Crippen molar-refractivity contribution in [3.63, 3.8) is 0 Å². The van der Waals surface area contributed by atoms with Gasteiger partial charge < -0.3 is 5.32 Å². The zero-order valence-electron chi connectivity index (χ0n) is 10.5. The summed E-state index contributed by atoms with van der Waals surface area (Å²) >= 11 is 0. The molecule has 19 heavy (non-hydrogen) atoms. The van der Waals surface area contributed by atoms with E-state index in [1.807, 2.05) is 43.3 Å². The lowest BCUT2D eigenvalue weighted by molar-refractivity contribution is 0.102. The Morgan fingerprint density at radius 2 is 1.95 bits per heavy atom. The van der Waals surface area contributed by atoms with Gasteiger partial charge in [0, 0.05) is 11.1 Å². The van der Waals surface area contributed by atoms with Gasteiger partial charge in [-0.1, -0.05) is 23.8 Å². The first kappa shape index (κ1) is 11.5. The monoisotopic (exact) mass is 251 g/mol. The van der Waals surface area contributed by atoms with Gasteiger partial charge >= 0.3 is 0 Å². The average Bonchev–Trinajstić information content (AvgIpc) is 2.89. The lowest BCUT2D eigenvalue weighted by atomic mass is 10.1. The fourth-order valence-corrected chi connectivity index (χ4v) is 2.00. The van der Waals surface area contributed by atoms with Crippen LogP contribution in [0.25, 0.3) is 10.9 Å². The summed E-state index contributed by atoms with van der Waals surface area (Å²) in [5.41, 5.74) is 3.43. The average molecular weight is 251 g/mol. The van der Waals surface area contributed by atoms with Gasteiger partial charge in [-0.25, -0.2) is 0 Å². The number of carbonyl (C=O) groups excluding carboxylic acids is 1. The van der Waals surface area contributed by atoms with Crippen molar-refractivity contribution in [1.82, 2.24) is 10.2 Å². The maximum absolute atomic E-state index is 12.3. The third kappa shape index (κ3) is 2.20. The Kier molecular flexibility index (Phi) is 2.76. The molecule has 4 heteroatoms. The van der Waals surface area contributed by atoms with Crippen molar-refractivity contribution in [2.75, 3.05) is 5.32 Å². The van der Waals surface area contributed by atoms with E-state index in [9.17, 15) is 4.79 Å². The van der Waals surface area contributed by atoms with Gasteiger partial charge in [-0.15, -0.1) is 0 Å². The van der Waals surface area contributed by atoms with Crippen LogP contribution in [0.4, 0.5) is 5.69 Å². The topological polar surface area (TPSA) is 57.8 Å². The molecule has 2 N–H and O–H groups in total. The van der Waals surface area contributed by atoms with Crippen LogP contribution in [0.15, 0.2) is 48.7 Å². The van der Waals surface area contributed by atoms with Crippen LogP contribution in [0.3, 0.4) is 0 Å². The molecule has 4 nitrogen and oxygen atoms in total. The van der Waals surface area contributed by atoms with Gasteiger partial charge in [0.1, 0.15) is 0 Å². The number of aromatic amines is 1. The summed E-state index contributed by atoms with van der Waals surface area (Å²) in [6.45, 7) is 2.01. The highest BCUT2D eigenvalue weighted by molar-refractivity contribution is 6.12. The molecule has 0 aliphatic rings. The predicted molar refractivity (Wildman–Crippen MR) is 75.2 cm³/mol. The molecule has 1 amide bonds. The fourth-order valence-electron chi connectivity index (χ4n) is 2.00. The number of fused-ring (bicyclic) bond motifs is 1. The molecule has 0 fully saturated rings. The highest BCUT2D eigenvalue weighted by atomic mass is 16.1. The molecule has 2 aromatic carbocycles. The number of hydrogen-bond acceptors (Lipinski definition) is 2. The van der Waals surface area contributed by atoms with E-state index in [4.69, 9.17) is 0 Å². The van der Waals surface area contributed by atoms with Crippen LogP contribution in [-0.4, -0.2) is 16.1 Å². The fraction of sp³-hybridized carbons (Fsp3) is 0.0667. The van der Waals surface area contributed by atoms with E-state index in [-0.39, 0.29) is 5.91 Å². The molecule has 0 aliphatic heterocycles. The summed E-state index contributed by atoms with van der Waals surface area (Å²) in [4.78, 5) is 12.3. The van der Waals surface area contributed by atoms with Crippen molar-refractivity contribution >= 4 is 22.5 Å². The van der Waals surface area contributed by atoms with Gasteiger partial charge in [-0.3, -0.25) is 9.89 Å². The number of carbonyl (C=O) groups is 1. The second-order valence-electron chi connectivity index (χ2n) is 4.46. The molecule has 0 unspecified atom stereocenters. The third-order valence-electron chi connectivity index (χ3n) is 3.04. The second-order valence-corrected chi connectivity index (χ2v) is 4.46. The maximum Gasteiger partial charge on any atom is 0.256 e. The number of H-pyrrole nitrogens is 1. The van der Waals surface area contributed by atoms with E-state index >= 15 is 0 Å². The summed E-state index contributed by atoms with van der Waals surface area (Å²) in [6, 6.07) is 13.2. The van der Waals surface area contributed by atoms with E-state index in [2.05, 4.69) is 15.5 Å². The summed E-state index contributed by atoms with van der Waals surface area (Å²) < 4.78 is 0. The molecular formula is C15H13N3O.